The fourth-order valence-electron chi connectivity index (χ4n) is 7.14. The molecule has 3 nitrogen and oxygen atoms in total. The van der Waals surface area contributed by atoms with Crippen molar-refractivity contribution in [2.45, 2.75) is 5.41 Å². The molecule has 0 saturated heterocycles. The Hall–Kier alpha value is -6.06. The van der Waals surface area contributed by atoms with Crippen LogP contribution in [0.3, 0.4) is 0 Å². The number of aliphatic imine (C=N–C) groups is 1. The molecule has 0 spiro atoms. The maximum Gasteiger partial charge on any atom is 0.154 e. The average molecular weight is 590 g/mol. The number of hydrogen-bond donors (Lipinski definition) is 2. The molecule has 0 atom stereocenters. The maximum absolute atomic E-state index is 8.70. The Morgan fingerprint density at radius 1 is 0.500 bits per heavy atom. The number of rotatable bonds is 5. The monoisotopic (exact) mass is 589 g/mol. The number of amidine groups is 2. The Labute approximate surface area is 268 Å². The van der Waals surface area contributed by atoms with Gasteiger partial charge in [0.1, 0.15) is 5.84 Å². The molecule has 0 aliphatic heterocycles. The molecule has 0 fully saturated rings. The normalized spacial score (nSPS) is 13.3. The number of nitrogens with one attached hydrogen (secondary N) is 1. The first-order chi connectivity index (χ1) is 22.6. The van der Waals surface area contributed by atoms with E-state index in [9.17, 15) is 0 Å². The number of benzene rings is 7. The predicted molar refractivity (Wildman–Crippen MR) is 191 cm³/mol. The van der Waals surface area contributed by atoms with Crippen molar-refractivity contribution in [2.75, 3.05) is 0 Å². The lowest BCUT2D eigenvalue weighted by molar-refractivity contribution is 0.769. The fourth-order valence-corrected chi connectivity index (χ4v) is 7.14. The van der Waals surface area contributed by atoms with Crippen LogP contribution in [0.15, 0.2) is 175 Å². The van der Waals surface area contributed by atoms with Crippen LogP contribution < -0.4 is 5.73 Å². The van der Waals surface area contributed by atoms with Crippen molar-refractivity contribution in [3.8, 4) is 22.3 Å². The molecule has 0 heterocycles. The molecular formula is C43H31N3. The van der Waals surface area contributed by atoms with E-state index in [1.165, 1.54) is 33.4 Å². The van der Waals surface area contributed by atoms with E-state index in [2.05, 4.69) is 138 Å². The van der Waals surface area contributed by atoms with Gasteiger partial charge in [-0.1, -0.05) is 152 Å². The predicted octanol–water partition coefficient (Wildman–Crippen LogP) is 9.60. The third-order valence-electron chi connectivity index (χ3n) is 9.21. The van der Waals surface area contributed by atoms with Crippen molar-refractivity contribution < 1.29 is 0 Å². The van der Waals surface area contributed by atoms with E-state index >= 15 is 0 Å². The first kappa shape index (κ1) is 27.5. The molecular weight excluding hydrogens is 558 g/mol. The summed E-state index contributed by atoms with van der Waals surface area (Å²) >= 11 is 0. The molecule has 218 valence electrons. The van der Waals surface area contributed by atoms with Gasteiger partial charge in [0.05, 0.1) is 5.41 Å². The molecule has 1 aliphatic rings. The highest BCUT2D eigenvalue weighted by atomic mass is 14.9. The summed E-state index contributed by atoms with van der Waals surface area (Å²) in [6.45, 7) is 0. The molecule has 46 heavy (non-hydrogen) atoms. The number of nitrogens with two attached hydrogens (primary N) is 1. The first-order valence-corrected chi connectivity index (χ1v) is 15.5. The molecule has 0 amide bonds. The molecule has 0 bridgehead atoms. The van der Waals surface area contributed by atoms with Gasteiger partial charge in [-0.05, 0) is 73.5 Å². The van der Waals surface area contributed by atoms with Crippen LogP contribution >= 0.6 is 0 Å². The van der Waals surface area contributed by atoms with Crippen LogP contribution in [0.1, 0.15) is 33.4 Å². The first-order valence-electron chi connectivity index (χ1n) is 15.5. The van der Waals surface area contributed by atoms with E-state index in [1.807, 2.05) is 36.4 Å². The smallest absolute Gasteiger partial charge is 0.154 e. The topological polar surface area (TPSA) is 62.2 Å². The largest absolute Gasteiger partial charge is 0.383 e. The van der Waals surface area contributed by atoms with Gasteiger partial charge in [-0.2, -0.15) is 0 Å². The van der Waals surface area contributed by atoms with E-state index in [-0.39, 0.29) is 5.84 Å². The lowest BCUT2D eigenvalue weighted by Gasteiger charge is -2.34. The highest BCUT2D eigenvalue weighted by Gasteiger charge is 2.46. The molecule has 0 aromatic heterocycles. The van der Waals surface area contributed by atoms with Crippen LogP contribution in [-0.4, -0.2) is 11.7 Å². The minimum Gasteiger partial charge on any atom is -0.383 e. The SMILES string of the molecule is N=C(N=C(N)c1cc2ccccc2cc1-c1ccc2c(c1)C(c1ccccc1)(c1ccccc1)c1ccccc1-2)c1ccccc1. The Kier molecular flexibility index (Phi) is 6.66. The zero-order valence-corrected chi connectivity index (χ0v) is 25.2. The lowest BCUT2D eigenvalue weighted by Crippen LogP contribution is -2.28. The van der Waals surface area contributed by atoms with Crippen LogP contribution in [0.25, 0.3) is 33.0 Å². The van der Waals surface area contributed by atoms with Crippen LogP contribution in [0, 0.1) is 5.41 Å². The Bertz CT molecular complexity index is 2230. The maximum atomic E-state index is 8.70. The highest BCUT2D eigenvalue weighted by molar-refractivity contribution is 6.14. The van der Waals surface area contributed by atoms with E-state index in [0.717, 1.165) is 33.0 Å². The van der Waals surface area contributed by atoms with Crippen molar-refractivity contribution in [3.63, 3.8) is 0 Å². The van der Waals surface area contributed by atoms with Crippen molar-refractivity contribution >= 4 is 22.4 Å². The zero-order valence-electron chi connectivity index (χ0n) is 25.2. The standard InChI is InChI=1S/C43H31N3/c44-41(29-14-4-1-5-15-29)46-42(45)38-27-31-17-11-10-16-30(31)26-37(38)32-24-25-36-35-22-12-13-23-39(35)43(40(36)28-32,33-18-6-2-7-19-33)34-20-8-3-9-21-34/h1-28H,(H3,44,45,46). The van der Waals surface area contributed by atoms with Gasteiger partial charge >= 0.3 is 0 Å². The second-order valence-electron chi connectivity index (χ2n) is 11.7. The van der Waals surface area contributed by atoms with Crippen LogP contribution in [-0.2, 0) is 5.41 Å². The van der Waals surface area contributed by atoms with Crippen molar-refractivity contribution in [1.82, 2.24) is 0 Å². The van der Waals surface area contributed by atoms with E-state index < -0.39 is 5.41 Å². The van der Waals surface area contributed by atoms with Gasteiger partial charge in [0.15, 0.2) is 5.84 Å². The average Bonchev–Trinajstić information content (AvgIpc) is 3.42. The van der Waals surface area contributed by atoms with Gasteiger partial charge in [-0.15, -0.1) is 0 Å². The molecule has 1 aliphatic carbocycles. The third-order valence-corrected chi connectivity index (χ3v) is 9.21. The number of nitrogens with zero attached hydrogens (tertiary/aromatic N) is 1. The fraction of sp³-hybridized carbons (Fsp3) is 0.0233. The van der Waals surface area contributed by atoms with Crippen molar-refractivity contribution in [2.24, 2.45) is 10.7 Å². The molecule has 7 aromatic rings. The summed E-state index contributed by atoms with van der Waals surface area (Å²) in [6.07, 6.45) is 0. The summed E-state index contributed by atoms with van der Waals surface area (Å²) in [6, 6.07) is 59.4. The summed E-state index contributed by atoms with van der Waals surface area (Å²) in [5.41, 5.74) is 17.3. The van der Waals surface area contributed by atoms with E-state index in [0.29, 0.717) is 5.84 Å². The minimum atomic E-state index is -0.503. The quantitative estimate of drug-likeness (QED) is 0.152. The van der Waals surface area contributed by atoms with E-state index in [4.69, 9.17) is 11.1 Å². The molecule has 3 heteroatoms. The molecule has 7 aromatic carbocycles. The van der Waals surface area contributed by atoms with Gasteiger partial charge in [0.25, 0.3) is 0 Å². The zero-order chi connectivity index (χ0) is 31.1. The summed E-state index contributed by atoms with van der Waals surface area (Å²) in [4.78, 5) is 4.62. The Morgan fingerprint density at radius 2 is 1.04 bits per heavy atom. The molecule has 0 unspecified atom stereocenters. The van der Waals surface area contributed by atoms with Gasteiger partial charge in [0, 0.05) is 11.1 Å². The Morgan fingerprint density at radius 3 is 1.72 bits per heavy atom. The van der Waals surface area contributed by atoms with Gasteiger partial charge in [0.2, 0.25) is 0 Å². The summed E-state index contributed by atoms with van der Waals surface area (Å²) < 4.78 is 0. The second kappa shape index (κ2) is 11.1. The van der Waals surface area contributed by atoms with Crippen molar-refractivity contribution in [3.05, 3.63) is 203 Å². The summed E-state index contributed by atoms with van der Waals surface area (Å²) in [7, 11) is 0. The van der Waals surface area contributed by atoms with Crippen LogP contribution in [0.2, 0.25) is 0 Å². The van der Waals surface area contributed by atoms with Crippen molar-refractivity contribution in [1.29, 1.82) is 5.41 Å². The lowest BCUT2D eigenvalue weighted by atomic mass is 9.67. The summed E-state index contributed by atoms with van der Waals surface area (Å²) in [5, 5.41) is 10.9. The van der Waals surface area contributed by atoms with E-state index in [1.54, 1.807) is 0 Å². The molecule has 0 saturated carbocycles. The minimum absolute atomic E-state index is 0.133. The molecule has 0 radical (unpaired) electrons. The van der Waals surface area contributed by atoms with Gasteiger partial charge in [-0.25, -0.2) is 4.99 Å². The van der Waals surface area contributed by atoms with Gasteiger partial charge in [-0.3, -0.25) is 5.41 Å². The Balaban J connectivity index is 1.39. The molecule has 3 N–H and O–H groups in total. The number of fused-ring (bicyclic) bond motifs is 4. The number of hydrogen-bond acceptors (Lipinski definition) is 1. The summed E-state index contributed by atoms with van der Waals surface area (Å²) in [5.74, 6) is 0.449. The van der Waals surface area contributed by atoms with Gasteiger partial charge < -0.3 is 5.73 Å². The van der Waals surface area contributed by atoms with Crippen LogP contribution in [0.4, 0.5) is 0 Å². The second-order valence-corrected chi connectivity index (χ2v) is 11.7. The highest BCUT2D eigenvalue weighted by Crippen LogP contribution is 2.56. The molecule has 8 rings (SSSR count). The third kappa shape index (κ3) is 4.36. The van der Waals surface area contributed by atoms with Crippen LogP contribution in [0.5, 0.6) is 0 Å².